The molecule has 0 bridgehead atoms. The minimum absolute atomic E-state index is 0.236. The number of hydrogen-bond donors (Lipinski definition) is 0. The Morgan fingerprint density at radius 3 is 1.79 bits per heavy atom. The summed E-state index contributed by atoms with van der Waals surface area (Å²) in [6, 6.07) is 0. The van der Waals surface area contributed by atoms with Gasteiger partial charge in [-0.15, -0.1) is 0 Å². The van der Waals surface area contributed by atoms with Gasteiger partial charge < -0.3 is 9.47 Å². The minimum Gasteiger partial charge on any atom is -0.377 e. The maximum Gasteiger partial charge on any atom is 0.226 e. The molecule has 0 aromatic carbocycles. The molecule has 1 aromatic heterocycles. The number of ether oxygens (including phenoxy) is 2. The molecule has 5 nitrogen and oxygen atoms in total. The van der Waals surface area contributed by atoms with Crippen molar-refractivity contribution in [3.05, 3.63) is 29.1 Å². The second-order valence-corrected chi connectivity index (χ2v) is 4.70. The lowest BCUT2D eigenvalue weighted by Gasteiger charge is -2.15. The van der Waals surface area contributed by atoms with Crippen molar-refractivity contribution in [2.75, 3.05) is 26.4 Å². The van der Waals surface area contributed by atoms with Crippen LogP contribution in [0, 0.1) is 0 Å². The summed E-state index contributed by atoms with van der Waals surface area (Å²) in [7, 11) is 0. The number of halogens is 1. The Hall–Kier alpha value is -1.30. The van der Waals surface area contributed by atoms with Gasteiger partial charge in [0.05, 0.1) is 26.4 Å². The number of aromatic nitrogens is 3. The van der Waals surface area contributed by atoms with Crippen LogP contribution in [0.15, 0.2) is 12.2 Å². The maximum absolute atomic E-state index is 6.01. The smallest absolute Gasteiger partial charge is 0.226 e. The molecule has 0 spiro atoms. The molecule has 3 rings (SSSR count). The second kappa shape index (κ2) is 5.77. The van der Waals surface area contributed by atoms with Gasteiger partial charge in [-0.2, -0.15) is 9.97 Å². The van der Waals surface area contributed by atoms with Crippen molar-refractivity contribution in [2.45, 2.75) is 12.8 Å². The van der Waals surface area contributed by atoms with Crippen molar-refractivity contribution < 1.29 is 9.47 Å². The van der Waals surface area contributed by atoms with Gasteiger partial charge in [0.2, 0.25) is 5.28 Å². The lowest BCUT2D eigenvalue weighted by molar-refractivity contribution is 0.161. The highest BCUT2D eigenvalue weighted by molar-refractivity contribution is 6.28. The summed E-state index contributed by atoms with van der Waals surface area (Å²) >= 11 is 6.01. The van der Waals surface area contributed by atoms with Crippen molar-refractivity contribution in [3.8, 4) is 0 Å². The summed E-state index contributed by atoms with van der Waals surface area (Å²) in [5.41, 5.74) is 2.15. The topological polar surface area (TPSA) is 57.1 Å². The fraction of sp³-hybridized carbons (Fsp3) is 0.462. The van der Waals surface area contributed by atoms with Gasteiger partial charge in [-0.3, -0.25) is 0 Å². The average Bonchev–Trinajstić information content (AvgIpc) is 2.48. The van der Waals surface area contributed by atoms with Crippen LogP contribution in [0.2, 0.25) is 5.28 Å². The molecule has 0 unspecified atom stereocenters. The lowest BCUT2D eigenvalue weighted by atomic mass is 10.1. The highest BCUT2D eigenvalue weighted by Gasteiger charge is 2.15. The van der Waals surface area contributed by atoms with Crippen molar-refractivity contribution in [1.29, 1.82) is 0 Å². The molecule has 100 valence electrons. The normalized spacial score (nSPS) is 19.8. The quantitative estimate of drug-likeness (QED) is 0.830. The van der Waals surface area contributed by atoms with E-state index in [4.69, 9.17) is 21.1 Å². The van der Waals surface area contributed by atoms with Crippen LogP contribution >= 0.6 is 11.6 Å². The summed E-state index contributed by atoms with van der Waals surface area (Å²) in [6.45, 7) is 2.59. The SMILES string of the molecule is Clc1nc(C2=CCOCC2)nc(C2=CCOCC2)n1. The molecule has 0 aliphatic carbocycles. The number of rotatable bonds is 2. The molecule has 0 N–H and O–H groups in total. The predicted octanol–water partition coefficient (Wildman–Crippen LogP) is 2.13. The number of hydrogen-bond acceptors (Lipinski definition) is 5. The zero-order valence-corrected chi connectivity index (χ0v) is 11.2. The van der Waals surface area contributed by atoms with Crippen LogP contribution in [0.4, 0.5) is 0 Å². The van der Waals surface area contributed by atoms with E-state index in [1.807, 2.05) is 12.2 Å². The third-order valence-corrected chi connectivity index (χ3v) is 3.28. The third kappa shape index (κ3) is 3.00. The fourth-order valence-corrected chi connectivity index (χ4v) is 2.26. The van der Waals surface area contributed by atoms with Gasteiger partial charge in [-0.1, -0.05) is 12.2 Å². The first-order valence-corrected chi connectivity index (χ1v) is 6.66. The first-order chi connectivity index (χ1) is 9.33. The standard InChI is InChI=1S/C13H14ClN3O2/c14-13-16-11(9-1-5-18-6-2-9)15-12(17-13)10-3-7-19-8-4-10/h1,3H,2,4-8H2. The van der Waals surface area contributed by atoms with E-state index in [-0.39, 0.29) is 5.28 Å². The molecule has 0 radical (unpaired) electrons. The maximum atomic E-state index is 6.01. The Kier molecular flexibility index (Phi) is 3.87. The van der Waals surface area contributed by atoms with E-state index >= 15 is 0 Å². The molecule has 6 heteroatoms. The Morgan fingerprint density at radius 1 is 0.842 bits per heavy atom. The molecule has 19 heavy (non-hydrogen) atoms. The van der Waals surface area contributed by atoms with Gasteiger partial charge in [0.15, 0.2) is 11.6 Å². The van der Waals surface area contributed by atoms with E-state index in [2.05, 4.69) is 15.0 Å². The summed E-state index contributed by atoms with van der Waals surface area (Å²) in [6.07, 6.45) is 5.61. The van der Waals surface area contributed by atoms with Crippen molar-refractivity contribution in [2.24, 2.45) is 0 Å². The number of nitrogens with zero attached hydrogens (tertiary/aromatic N) is 3. The van der Waals surface area contributed by atoms with E-state index < -0.39 is 0 Å². The zero-order valence-electron chi connectivity index (χ0n) is 10.4. The van der Waals surface area contributed by atoms with Crippen LogP contribution in [0.25, 0.3) is 11.1 Å². The van der Waals surface area contributed by atoms with Crippen molar-refractivity contribution in [3.63, 3.8) is 0 Å². The van der Waals surface area contributed by atoms with Gasteiger partial charge >= 0.3 is 0 Å². The third-order valence-electron chi connectivity index (χ3n) is 3.11. The molecule has 1 aromatic rings. The minimum atomic E-state index is 0.236. The van der Waals surface area contributed by atoms with Crippen LogP contribution in [0.1, 0.15) is 24.5 Å². The Bertz CT molecular complexity index is 498. The van der Waals surface area contributed by atoms with Crippen LogP contribution in [0.3, 0.4) is 0 Å². The van der Waals surface area contributed by atoms with Crippen LogP contribution < -0.4 is 0 Å². The summed E-state index contributed by atoms with van der Waals surface area (Å²) < 4.78 is 10.6. The van der Waals surface area contributed by atoms with E-state index in [1.165, 1.54) is 0 Å². The Balaban J connectivity index is 1.95. The van der Waals surface area contributed by atoms with E-state index in [1.54, 1.807) is 0 Å². The first kappa shape index (κ1) is 12.7. The van der Waals surface area contributed by atoms with Gasteiger partial charge in [-0.25, -0.2) is 4.98 Å². The largest absolute Gasteiger partial charge is 0.377 e. The Labute approximate surface area is 116 Å². The molecular formula is C13H14ClN3O2. The molecule has 0 fully saturated rings. The highest BCUT2D eigenvalue weighted by Crippen LogP contribution is 2.23. The monoisotopic (exact) mass is 279 g/mol. The van der Waals surface area contributed by atoms with Gasteiger partial charge in [0.25, 0.3) is 0 Å². The molecule has 3 heterocycles. The summed E-state index contributed by atoms with van der Waals surface area (Å²) in [4.78, 5) is 13.0. The average molecular weight is 280 g/mol. The molecular weight excluding hydrogens is 266 g/mol. The van der Waals surface area contributed by atoms with E-state index in [9.17, 15) is 0 Å². The molecule has 0 saturated carbocycles. The van der Waals surface area contributed by atoms with Crippen LogP contribution in [-0.2, 0) is 9.47 Å². The molecule has 0 saturated heterocycles. The van der Waals surface area contributed by atoms with Crippen LogP contribution in [0.5, 0.6) is 0 Å². The molecule has 0 atom stereocenters. The fourth-order valence-electron chi connectivity index (χ4n) is 2.10. The highest BCUT2D eigenvalue weighted by atomic mass is 35.5. The summed E-state index contributed by atoms with van der Waals surface area (Å²) in [5.74, 6) is 1.32. The first-order valence-electron chi connectivity index (χ1n) is 6.29. The predicted molar refractivity (Wildman–Crippen MR) is 71.7 cm³/mol. The summed E-state index contributed by atoms with van der Waals surface area (Å²) in [5, 5.41) is 0.236. The second-order valence-electron chi connectivity index (χ2n) is 4.36. The van der Waals surface area contributed by atoms with Crippen LogP contribution in [-0.4, -0.2) is 41.4 Å². The van der Waals surface area contributed by atoms with Gasteiger partial charge in [0.1, 0.15) is 0 Å². The van der Waals surface area contributed by atoms with E-state index in [0.717, 1.165) is 24.0 Å². The van der Waals surface area contributed by atoms with Crippen molar-refractivity contribution in [1.82, 2.24) is 15.0 Å². The molecule has 2 aliphatic heterocycles. The van der Waals surface area contributed by atoms with Gasteiger partial charge in [0, 0.05) is 0 Å². The lowest BCUT2D eigenvalue weighted by Crippen LogP contribution is -2.11. The molecule has 2 aliphatic rings. The van der Waals surface area contributed by atoms with E-state index in [0.29, 0.717) is 38.1 Å². The van der Waals surface area contributed by atoms with Gasteiger partial charge in [-0.05, 0) is 35.6 Å². The molecule has 0 amide bonds. The zero-order chi connectivity index (χ0) is 13.1. The van der Waals surface area contributed by atoms with Crippen molar-refractivity contribution >= 4 is 22.7 Å². The Morgan fingerprint density at radius 2 is 1.37 bits per heavy atom.